The van der Waals surface area contributed by atoms with Crippen molar-refractivity contribution in [3.8, 4) is 0 Å². The summed E-state index contributed by atoms with van der Waals surface area (Å²) in [7, 11) is 0. The first-order valence-electron chi connectivity index (χ1n) is 13.5. The molecule has 5 rings (SSSR count). The monoisotopic (exact) mass is 644 g/mol. The van der Waals surface area contributed by atoms with Crippen LogP contribution in [0.1, 0.15) is 65.0 Å². The Hall–Kier alpha value is -4.22. The fourth-order valence-electron chi connectivity index (χ4n) is 6.71. The van der Waals surface area contributed by atoms with Gasteiger partial charge in [0.25, 0.3) is 5.91 Å². The SMILES string of the molecule is CC(C)(C)C[C@@H]1N(c2cc(C(N)=O)ccc2C(N)=O)[C@H](C(=O)O)[C@H](c2cccc(Cl)c2F)C12C(=O)Nc1cc(Cl)c(F)cc12. The van der Waals surface area contributed by atoms with E-state index in [1.54, 1.807) is 0 Å². The van der Waals surface area contributed by atoms with Crippen molar-refractivity contribution in [2.75, 3.05) is 10.2 Å². The van der Waals surface area contributed by atoms with E-state index in [0.717, 1.165) is 6.07 Å². The maximum atomic E-state index is 16.0. The van der Waals surface area contributed by atoms with Crippen molar-refractivity contribution < 1.29 is 33.1 Å². The van der Waals surface area contributed by atoms with Crippen molar-refractivity contribution in [1.82, 2.24) is 0 Å². The van der Waals surface area contributed by atoms with E-state index in [1.165, 1.54) is 47.4 Å². The summed E-state index contributed by atoms with van der Waals surface area (Å²) in [4.78, 5) is 54.2. The molecular weight excluding hydrogens is 617 g/mol. The first-order chi connectivity index (χ1) is 20.5. The zero-order chi connectivity index (χ0) is 32.5. The van der Waals surface area contributed by atoms with Gasteiger partial charge in [-0.3, -0.25) is 14.4 Å². The van der Waals surface area contributed by atoms with Gasteiger partial charge in [0, 0.05) is 23.2 Å². The molecule has 1 spiro atoms. The number of aliphatic carboxylic acids is 1. The van der Waals surface area contributed by atoms with E-state index < -0.39 is 64.2 Å². The molecule has 2 heterocycles. The average Bonchev–Trinajstić information content (AvgIpc) is 3.36. The highest BCUT2D eigenvalue weighted by Crippen LogP contribution is 2.61. The van der Waals surface area contributed by atoms with Crippen molar-refractivity contribution in [1.29, 1.82) is 0 Å². The fourth-order valence-corrected chi connectivity index (χ4v) is 7.06. The lowest BCUT2D eigenvalue weighted by molar-refractivity contribution is -0.139. The lowest BCUT2D eigenvalue weighted by Crippen LogP contribution is -2.51. The van der Waals surface area contributed by atoms with Crippen LogP contribution in [0, 0.1) is 17.0 Å². The number of anilines is 2. The second-order valence-corrected chi connectivity index (χ2v) is 13.0. The first kappa shape index (κ1) is 31.2. The summed E-state index contributed by atoms with van der Waals surface area (Å²) in [5, 5.41) is 13.0. The maximum Gasteiger partial charge on any atom is 0.327 e. The number of carbonyl (C=O) groups is 4. The van der Waals surface area contributed by atoms with Gasteiger partial charge in [-0.05, 0) is 59.4 Å². The highest BCUT2D eigenvalue weighted by molar-refractivity contribution is 6.31. The Morgan fingerprint density at radius 2 is 1.70 bits per heavy atom. The number of nitrogens with two attached hydrogens (primary N) is 2. The number of carbonyl (C=O) groups excluding carboxylic acids is 3. The molecule has 2 aliphatic heterocycles. The summed E-state index contributed by atoms with van der Waals surface area (Å²) in [6.07, 6.45) is 0.0611. The van der Waals surface area contributed by atoms with Gasteiger partial charge in [0.2, 0.25) is 11.8 Å². The van der Waals surface area contributed by atoms with Gasteiger partial charge in [-0.25, -0.2) is 13.6 Å². The number of rotatable bonds is 6. The molecule has 0 saturated carbocycles. The molecule has 0 aliphatic carbocycles. The molecule has 0 aromatic heterocycles. The average molecular weight is 645 g/mol. The van der Waals surface area contributed by atoms with E-state index in [0.29, 0.717) is 0 Å². The maximum absolute atomic E-state index is 16.0. The third-order valence-corrected chi connectivity index (χ3v) is 8.88. The van der Waals surface area contributed by atoms with E-state index in [9.17, 15) is 24.3 Å². The molecule has 3 amide bonds. The van der Waals surface area contributed by atoms with Crippen LogP contribution in [0.25, 0.3) is 0 Å². The second kappa shape index (κ2) is 10.7. The minimum Gasteiger partial charge on any atom is -0.480 e. The van der Waals surface area contributed by atoms with Crippen molar-refractivity contribution in [3.05, 3.63) is 92.5 Å². The summed E-state index contributed by atoms with van der Waals surface area (Å²) < 4.78 is 31.3. The molecule has 3 aromatic carbocycles. The molecule has 13 heteroatoms. The molecule has 6 N–H and O–H groups in total. The van der Waals surface area contributed by atoms with Gasteiger partial charge in [-0.1, -0.05) is 56.1 Å². The number of hydrogen-bond donors (Lipinski definition) is 4. The van der Waals surface area contributed by atoms with Gasteiger partial charge in [-0.15, -0.1) is 0 Å². The number of nitrogens with zero attached hydrogens (tertiary/aromatic N) is 1. The summed E-state index contributed by atoms with van der Waals surface area (Å²) >= 11 is 12.3. The molecular formula is C31H28Cl2F2N4O5. The van der Waals surface area contributed by atoms with Gasteiger partial charge >= 0.3 is 5.97 Å². The molecule has 230 valence electrons. The van der Waals surface area contributed by atoms with Crippen molar-refractivity contribution in [3.63, 3.8) is 0 Å². The molecule has 2 aliphatic rings. The number of fused-ring (bicyclic) bond motifs is 2. The molecule has 0 bridgehead atoms. The van der Waals surface area contributed by atoms with E-state index in [1.807, 2.05) is 20.8 Å². The van der Waals surface area contributed by atoms with Crippen LogP contribution in [0.2, 0.25) is 10.0 Å². The zero-order valence-corrected chi connectivity index (χ0v) is 25.3. The van der Waals surface area contributed by atoms with Crippen LogP contribution in [0.15, 0.2) is 48.5 Å². The molecule has 1 saturated heterocycles. The summed E-state index contributed by atoms with van der Waals surface area (Å²) in [5.41, 5.74) is 8.22. The van der Waals surface area contributed by atoms with Crippen LogP contribution in [0.4, 0.5) is 20.2 Å². The number of carboxylic acid groups (broad SMARTS) is 1. The molecule has 3 aromatic rings. The van der Waals surface area contributed by atoms with Gasteiger partial charge < -0.3 is 26.8 Å². The second-order valence-electron chi connectivity index (χ2n) is 12.2. The predicted molar refractivity (Wildman–Crippen MR) is 161 cm³/mol. The van der Waals surface area contributed by atoms with Gasteiger partial charge in [0.1, 0.15) is 23.1 Å². The Labute approximate surface area is 261 Å². The van der Waals surface area contributed by atoms with E-state index in [2.05, 4.69) is 5.32 Å². The number of hydrogen-bond acceptors (Lipinski definition) is 5. The Morgan fingerprint density at radius 3 is 2.30 bits per heavy atom. The van der Waals surface area contributed by atoms with Crippen LogP contribution in [0.5, 0.6) is 0 Å². The third kappa shape index (κ3) is 4.75. The van der Waals surface area contributed by atoms with E-state index in [-0.39, 0.29) is 50.1 Å². The quantitative estimate of drug-likeness (QED) is 0.288. The Morgan fingerprint density at radius 1 is 1.02 bits per heavy atom. The number of nitrogens with one attached hydrogen (secondary N) is 1. The minimum atomic E-state index is -1.99. The lowest BCUT2D eigenvalue weighted by atomic mass is 9.62. The molecule has 1 fully saturated rings. The Kier molecular flexibility index (Phi) is 7.62. The zero-order valence-electron chi connectivity index (χ0n) is 23.8. The van der Waals surface area contributed by atoms with Crippen LogP contribution in [-0.4, -0.2) is 40.9 Å². The molecule has 1 unspecified atom stereocenters. The van der Waals surface area contributed by atoms with Crippen molar-refractivity contribution in [2.24, 2.45) is 16.9 Å². The van der Waals surface area contributed by atoms with E-state index >= 15 is 8.78 Å². The number of primary amides is 2. The lowest BCUT2D eigenvalue weighted by Gasteiger charge is -2.40. The molecule has 4 atom stereocenters. The highest BCUT2D eigenvalue weighted by atomic mass is 35.5. The Bertz CT molecular complexity index is 1760. The number of carboxylic acids is 1. The summed E-state index contributed by atoms with van der Waals surface area (Å²) in [6.45, 7) is 5.52. The third-order valence-electron chi connectivity index (χ3n) is 8.30. The van der Waals surface area contributed by atoms with Gasteiger partial charge in [-0.2, -0.15) is 0 Å². The van der Waals surface area contributed by atoms with Crippen molar-refractivity contribution >= 4 is 58.3 Å². The topological polar surface area (TPSA) is 156 Å². The molecule has 44 heavy (non-hydrogen) atoms. The summed E-state index contributed by atoms with van der Waals surface area (Å²) in [6, 6.07) is 6.99. The normalized spacial score (nSPS) is 22.7. The van der Waals surface area contributed by atoms with Gasteiger partial charge in [0.15, 0.2) is 0 Å². The minimum absolute atomic E-state index is 0.0449. The van der Waals surface area contributed by atoms with Crippen LogP contribution >= 0.6 is 23.2 Å². The first-order valence-corrected chi connectivity index (χ1v) is 14.3. The standard InChI is InChI=1S/C31H28Cl2F2N4O5/c1-30(2,3)12-22-31(16-10-19(34)18(33)11-20(16)38-29(31)44)23(15-5-4-6-17(32)24(15)35)25(28(42)43)39(22)21-9-13(26(36)40)7-8-14(21)27(37)41/h4-11,22-23,25H,12H2,1-3H3,(H2,36,40)(H2,37,41)(H,38,44)(H,42,43)/t22-,23-,25-,31?/m0/s1. The summed E-state index contributed by atoms with van der Waals surface area (Å²) in [5.74, 6) is -7.50. The Balaban J connectivity index is 1.99. The number of amides is 3. The number of benzene rings is 3. The van der Waals surface area contributed by atoms with Crippen LogP contribution in [0.3, 0.4) is 0 Å². The number of halogens is 4. The van der Waals surface area contributed by atoms with Crippen molar-refractivity contribution in [2.45, 2.75) is 50.6 Å². The largest absolute Gasteiger partial charge is 0.480 e. The van der Waals surface area contributed by atoms with Crippen LogP contribution in [-0.2, 0) is 15.0 Å². The molecule has 0 radical (unpaired) electrons. The van der Waals surface area contributed by atoms with Crippen LogP contribution < -0.4 is 21.7 Å². The van der Waals surface area contributed by atoms with Gasteiger partial charge in [0.05, 0.1) is 21.3 Å². The predicted octanol–water partition coefficient (Wildman–Crippen LogP) is 5.22. The molecule has 9 nitrogen and oxygen atoms in total. The highest BCUT2D eigenvalue weighted by Gasteiger charge is 2.70. The smallest absolute Gasteiger partial charge is 0.327 e. The fraction of sp³-hybridized carbons (Fsp3) is 0.290. The van der Waals surface area contributed by atoms with E-state index in [4.69, 9.17) is 34.7 Å².